The smallest absolute Gasteiger partial charge is 0.120 e. The minimum Gasteiger partial charge on any atom is -0.489 e. The first-order chi connectivity index (χ1) is 9.74. The number of benzene rings is 2. The average Bonchev–Trinajstić information content (AvgIpc) is 2.46. The van der Waals surface area contributed by atoms with Crippen molar-refractivity contribution in [1.82, 2.24) is 0 Å². The van der Waals surface area contributed by atoms with Gasteiger partial charge in [0, 0.05) is 0 Å². The summed E-state index contributed by atoms with van der Waals surface area (Å²) in [5.74, 6) is 1.75. The Hall–Kier alpha value is -1.76. The second-order valence-electron chi connectivity index (χ2n) is 5.71. The molecule has 0 spiro atoms. The van der Waals surface area contributed by atoms with Gasteiger partial charge in [-0.05, 0) is 42.0 Å². The predicted molar refractivity (Wildman–Crippen MR) is 85.0 cm³/mol. The van der Waals surface area contributed by atoms with Crippen LogP contribution in [-0.4, -0.2) is 0 Å². The zero-order valence-electron chi connectivity index (χ0n) is 12.5. The van der Waals surface area contributed by atoms with Gasteiger partial charge in [0.1, 0.15) is 12.4 Å². The fourth-order valence-electron chi connectivity index (χ4n) is 2.25. The van der Waals surface area contributed by atoms with Gasteiger partial charge in [-0.25, -0.2) is 0 Å². The van der Waals surface area contributed by atoms with Gasteiger partial charge in [-0.15, -0.1) is 0 Å². The maximum Gasteiger partial charge on any atom is 0.120 e. The number of hydrogen-bond acceptors (Lipinski definition) is 1. The summed E-state index contributed by atoms with van der Waals surface area (Å²) < 4.78 is 5.86. The molecule has 0 unspecified atom stereocenters. The van der Waals surface area contributed by atoms with Gasteiger partial charge in [0.2, 0.25) is 0 Å². The lowest BCUT2D eigenvalue weighted by atomic mass is 10.0. The van der Waals surface area contributed by atoms with Gasteiger partial charge in [-0.1, -0.05) is 62.7 Å². The standard InChI is InChI=1S/C19H24O/c1-16(2)8-6-11-17-12-7-13-19(14-17)20-15-18-9-4-3-5-10-18/h3-5,7,9-10,12-14,16H,6,8,11,15H2,1-2H3. The van der Waals surface area contributed by atoms with Crippen LogP contribution in [0.4, 0.5) is 0 Å². The molecule has 0 radical (unpaired) electrons. The Balaban J connectivity index is 1.86. The first-order valence-corrected chi connectivity index (χ1v) is 7.49. The molecule has 2 rings (SSSR count). The van der Waals surface area contributed by atoms with Gasteiger partial charge in [0.15, 0.2) is 0 Å². The predicted octanol–water partition coefficient (Wildman–Crippen LogP) is 5.24. The van der Waals surface area contributed by atoms with E-state index in [-0.39, 0.29) is 0 Å². The lowest BCUT2D eigenvalue weighted by Gasteiger charge is -2.09. The summed E-state index contributed by atoms with van der Waals surface area (Å²) in [6, 6.07) is 18.8. The molecule has 20 heavy (non-hydrogen) atoms. The van der Waals surface area contributed by atoms with Gasteiger partial charge in [-0.2, -0.15) is 0 Å². The molecule has 0 heterocycles. The lowest BCUT2D eigenvalue weighted by molar-refractivity contribution is 0.306. The summed E-state index contributed by atoms with van der Waals surface area (Å²) in [7, 11) is 0. The third-order valence-corrected chi connectivity index (χ3v) is 3.39. The molecular formula is C19H24O. The second kappa shape index (κ2) is 7.74. The molecule has 0 amide bonds. The van der Waals surface area contributed by atoms with E-state index in [9.17, 15) is 0 Å². The van der Waals surface area contributed by atoms with Crippen molar-refractivity contribution in [2.45, 2.75) is 39.7 Å². The summed E-state index contributed by atoms with van der Waals surface area (Å²) >= 11 is 0. The molecule has 0 aliphatic rings. The minimum atomic E-state index is 0.635. The van der Waals surface area contributed by atoms with E-state index in [1.165, 1.54) is 24.0 Å². The Kier molecular flexibility index (Phi) is 5.67. The van der Waals surface area contributed by atoms with Gasteiger partial charge in [-0.3, -0.25) is 0 Å². The zero-order chi connectivity index (χ0) is 14.2. The molecule has 2 aromatic rings. The molecule has 1 nitrogen and oxygen atoms in total. The maximum atomic E-state index is 5.86. The summed E-state index contributed by atoms with van der Waals surface area (Å²) in [5.41, 5.74) is 2.58. The highest BCUT2D eigenvalue weighted by molar-refractivity contribution is 5.29. The van der Waals surface area contributed by atoms with E-state index >= 15 is 0 Å². The highest BCUT2D eigenvalue weighted by atomic mass is 16.5. The van der Waals surface area contributed by atoms with Crippen molar-refractivity contribution in [3.05, 3.63) is 65.7 Å². The number of rotatable bonds is 7. The third kappa shape index (κ3) is 5.08. The molecule has 0 aliphatic carbocycles. The SMILES string of the molecule is CC(C)CCCc1cccc(OCc2ccccc2)c1. The quantitative estimate of drug-likeness (QED) is 0.667. The van der Waals surface area contributed by atoms with Crippen LogP contribution in [0.1, 0.15) is 37.8 Å². The second-order valence-corrected chi connectivity index (χ2v) is 5.71. The van der Waals surface area contributed by atoms with Crippen LogP contribution in [0.3, 0.4) is 0 Å². The van der Waals surface area contributed by atoms with Crippen LogP contribution >= 0.6 is 0 Å². The average molecular weight is 268 g/mol. The Bertz CT molecular complexity index is 502. The zero-order valence-corrected chi connectivity index (χ0v) is 12.5. The Morgan fingerprint density at radius 1 is 0.900 bits per heavy atom. The molecule has 0 saturated heterocycles. The first kappa shape index (κ1) is 14.6. The van der Waals surface area contributed by atoms with E-state index in [1.54, 1.807) is 0 Å². The molecule has 0 aromatic heterocycles. The van der Waals surface area contributed by atoms with E-state index in [4.69, 9.17) is 4.74 Å². The normalized spacial score (nSPS) is 10.8. The number of ether oxygens (including phenoxy) is 1. The Morgan fingerprint density at radius 3 is 2.40 bits per heavy atom. The van der Waals surface area contributed by atoms with Crippen LogP contribution in [0.5, 0.6) is 5.75 Å². The molecule has 0 aliphatic heterocycles. The van der Waals surface area contributed by atoms with Crippen LogP contribution in [0.25, 0.3) is 0 Å². The van der Waals surface area contributed by atoms with Crippen molar-refractivity contribution in [2.24, 2.45) is 5.92 Å². The Morgan fingerprint density at radius 2 is 1.65 bits per heavy atom. The van der Waals surface area contributed by atoms with Gasteiger partial charge < -0.3 is 4.74 Å². The van der Waals surface area contributed by atoms with Crippen molar-refractivity contribution in [3.8, 4) is 5.75 Å². The molecule has 2 aromatic carbocycles. The summed E-state index contributed by atoms with van der Waals surface area (Å²) in [5, 5.41) is 0. The van der Waals surface area contributed by atoms with Crippen LogP contribution in [-0.2, 0) is 13.0 Å². The minimum absolute atomic E-state index is 0.635. The number of aryl methyl sites for hydroxylation is 1. The third-order valence-electron chi connectivity index (χ3n) is 3.39. The van der Waals surface area contributed by atoms with E-state index in [1.807, 2.05) is 24.3 Å². The topological polar surface area (TPSA) is 9.23 Å². The van der Waals surface area contributed by atoms with E-state index in [2.05, 4.69) is 44.2 Å². The molecule has 106 valence electrons. The molecule has 0 fully saturated rings. The fraction of sp³-hybridized carbons (Fsp3) is 0.368. The molecule has 0 saturated carbocycles. The van der Waals surface area contributed by atoms with Crippen molar-refractivity contribution in [3.63, 3.8) is 0 Å². The monoisotopic (exact) mass is 268 g/mol. The van der Waals surface area contributed by atoms with Crippen LogP contribution in [0.2, 0.25) is 0 Å². The van der Waals surface area contributed by atoms with Crippen LogP contribution < -0.4 is 4.74 Å². The maximum absolute atomic E-state index is 5.86. The first-order valence-electron chi connectivity index (χ1n) is 7.49. The van der Waals surface area contributed by atoms with Gasteiger partial charge in [0.05, 0.1) is 0 Å². The summed E-state index contributed by atoms with van der Waals surface area (Å²) in [6.07, 6.45) is 3.68. The van der Waals surface area contributed by atoms with E-state index in [0.29, 0.717) is 6.61 Å². The highest BCUT2D eigenvalue weighted by Gasteiger charge is 2.00. The van der Waals surface area contributed by atoms with Gasteiger partial charge >= 0.3 is 0 Å². The molecular weight excluding hydrogens is 244 g/mol. The van der Waals surface area contributed by atoms with Crippen molar-refractivity contribution >= 4 is 0 Å². The van der Waals surface area contributed by atoms with Crippen molar-refractivity contribution in [1.29, 1.82) is 0 Å². The van der Waals surface area contributed by atoms with Crippen LogP contribution in [0.15, 0.2) is 54.6 Å². The number of hydrogen-bond donors (Lipinski definition) is 0. The van der Waals surface area contributed by atoms with Crippen molar-refractivity contribution in [2.75, 3.05) is 0 Å². The van der Waals surface area contributed by atoms with Gasteiger partial charge in [0.25, 0.3) is 0 Å². The molecule has 0 N–H and O–H groups in total. The molecule has 0 bridgehead atoms. The van der Waals surface area contributed by atoms with Crippen LogP contribution in [0, 0.1) is 5.92 Å². The largest absolute Gasteiger partial charge is 0.489 e. The molecule has 0 atom stereocenters. The summed E-state index contributed by atoms with van der Waals surface area (Å²) in [4.78, 5) is 0. The van der Waals surface area contributed by atoms with E-state index < -0.39 is 0 Å². The lowest BCUT2D eigenvalue weighted by Crippen LogP contribution is -1.96. The Labute approximate surface area is 122 Å². The highest BCUT2D eigenvalue weighted by Crippen LogP contribution is 2.17. The van der Waals surface area contributed by atoms with Crippen molar-refractivity contribution < 1.29 is 4.74 Å². The molecule has 1 heteroatoms. The fourth-order valence-corrected chi connectivity index (χ4v) is 2.25. The van der Waals surface area contributed by atoms with E-state index in [0.717, 1.165) is 18.1 Å². The summed E-state index contributed by atoms with van der Waals surface area (Å²) in [6.45, 7) is 5.19.